The van der Waals surface area contributed by atoms with Crippen molar-refractivity contribution in [2.45, 2.75) is 26.3 Å². The Kier molecular flexibility index (Phi) is 4.46. The highest BCUT2D eigenvalue weighted by atomic mass is 19.1. The lowest BCUT2D eigenvalue weighted by molar-refractivity contribution is 0.433. The van der Waals surface area contributed by atoms with Gasteiger partial charge in [-0.05, 0) is 36.5 Å². The minimum absolute atomic E-state index is 0.228. The van der Waals surface area contributed by atoms with Gasteiger partial charge in [0.25, 0.3) is 0 Å². The summed E-state index contributed by atoms with van der Waals surface area (Å²) < 4.78 is 12.9. The number of rotatable bonds is 4. The fourth-order valence-electron chi connectivity index (χ4n) is 2.52. The first-order valence-corrected chi connectivity index (χ1v) is 7.64. The van der Waals surface area contributed by atoms with Crippen LogP contribution in [0.15, 0.2) is 30.5 Å². The number of hydrogen-bond donors (Lipinski definition) is 1. The zero-order valence-electron chi connectivity index (χ0n) is 12.7. The van der Waals surface area contributed by atoms with Crippen LogP contribution in [0.3, 0.4) is 0 Å². The van der Waals surface area contributed by atoms with E-state index in [-0.39, 0.29) is 5.82 Å². The Hall–Kier alpha value is -2.24. The molecule has 6 heteroatoms. The average Bonchev–Trinajstić information content (AvgIpc) is 2.55. The summed E-state index contributed by atoms with van der Waals surface area (Å²) in [5.41, 5.74) is 0.994. The Morgan fingerprint density at radius 2 is 1.95 bits per heavy atom. The van der Waals surface area contributed by atoms with Crippen molar-refractivity contribution in [2.24, 2.45) is 5.92 Å². The van der Waals surface area contributed by atoms with Gasteiger partial charge in [0, 0.05) is 19.6 Å². The standard InChI is InChI=1S/C16H20FN5/c1-12-6-8-22(9-7-12)16-20-15(11-19-21-16)18-10-13-2-4-14(17)5-3-13/h2-5,11-12H,6-10H2,1H3,(H,18,20,21). The summed E-state index contributed by atoms with van der Waals surface area (Å²) in [6.45, 7) is 4.81. The molecule has 1 saturated heterocycles. The van der Waals surface area contributed by atoms with E-state index in [0.29, 0.717) is 18.3 Å². The molecule has 1 aliphatic heterocycles. The summed E-state index contributed by atoms with van der Waals surface area (Å²) in [7, 11) is 0. The number of benzene rings is 1. The number of anilines is 2. The quantitative estimate of drug-likeness (QED) is 0.941. The second-order valence-corrected chi connectivity index (χ2v) is 5.79. The summed E-state index contributed by atoms with van der Waals surface area (Å²) in [5.74, 6) is 1.90. The van der Waals surface area contributed by atoms with Crippen LogP contribution in [0.2, 0.25) is 0 Å². The molecule has 2 aromatic rings. The summed E-state index contributed by atoms with van der Waals surface area (Å²) in [6, 6.07) is 6.42. The molecule has 1 aromatic carbocycles. The molecule has 0 amide bonds. The molecule has 1 N–H and O–H groups in total. The Morgan fingerprint density at radius 3 is 2.68 bits per heavy atom. The van der Waals surface area contributed by atoms with Crippen LogP contribution in [-0.4, -0.2) is 28.3 Å². The third kappa shape index (κ3) is 3.69. The van der Waals surface area contributed by atoms with E-state index in [2.05, 4.69) is 32.3 Å². The molecular weight excluding hydrogens is 281 g/mol. The highest BCUT2D eigenvalue weighted by Gasteiger charge is 2.18. The molecule has 116 valence electrons. The summed E-state index contributed by atoms with van der Waals surface area (Å²) in [5, 5.41) is 11.4. The SMILES string of the molecule is CC1CCN(c2nncc(NCc3ccc(F)cc3)n2)CC1. The van der Waals surface area contributed by atoms with Crippen molar-refractivity contribution in [3.05, 3.63) is 41.8 Å². The van der Waals surface area contributed by atoms with Crippen molar-refractivity contribution in [3.63, 3.8) is 0 Å². The smallest absolute Gasteiger partial charge is 0.247 e. The summed E-state index contributed by atoms with van der Waals surface area (Å²) in [4.78, 5) is 6.70. The first-order valence-electron chi connectivity index (χ1n) is 7.64. The van der Waals surface area contributed by atoms with E-state index in [0.717, 1.165) is 37.4 Å². The van der Waals surface area contributed by atoms with Gasteiger partial charge in [-0.2, -0.15) is 10.1 Å². The second-order valence-electron chi connectivity index (χ2n) is 5.79. The molecule has 3 rings (SSSR count). The van der Waals surface area contributed by atoms with E-state index >= 15 is 0 Å². The van der Waals surface area contributed by atoms with Crippen molar-refractivity contribution in [1.29, 1.82) is 0 Å². The van der Waals surface area contributed by atoms with E-state index in [9.17, 15) is 4.39 Å². The van der Waals surface area contributed by atoms with Gasteiger partial charge in [-0.25, -0.2) is 4.39 Å². The van der Waals surface area contributed by atoms with Crippen LogP contribution in [0, 0.1) is 11.7 Å². The van der Waals surface area contributed by atoms with Crippen LogP contribution in [-0.2, 0) is 6.54 Å². The number of hydrogen-bond acceptors (Lipinski definition) is 5. The van der Waals surface area contributed by atoms with E-state index < -0.39 is 0 Å². The number of halogens is 1. The van der Waals surface area contributed by atoms with Gasteiger partial charge in [0.05, 0.1) is 6.20 Å². The molecule has 2 heterocycles. The zero-order valence-corrected chi connectivity index (χ0v) is 12.7. The first kappa shape index (κ1) is 14.7. The van der Waals surface area contributed by atoms with E-state index in [4.69, 9.17) is 0 Å². The van der Waals surface area contributed by atoms with Crippen LogP contribution >= 0.6 is 0 Å². The normalized spacial score (nSPS) is 15.8. The molecule has 0 atom stereocenters. The highest BCUT2D eigenvalue weighted by molar-refractivity contribution is 5.39. The maximum atomic E-state index is 12.9. The Morgan fingerprint density at radius 1 is 1.23 bits per heavy atom. The van der Waals surface area contributed by atoms with Crippen LogP contribution in [0.5, 0.6) is 0 Å². The van der Waals surface area contributed by atoms with Gasteiger partial charge in [-0.15, -0.1) is 5.10 Å². The van der Waals surface area contributed by atoms with E-state index in [1.54, 1.807) is 18.3 Å². The van der Waals surface area contributed by atoms with Gasteiger partial charge >= 0.3 is 0 Å². The predicted octanol–water partition coefficient (Wildman–Crippen LogP) is 2.86. The zero-order chi connectivity index (χ0) is 15.4. The van der Waals surface area contributed by atoms with Crippen molar-refractivity contribution in [3.8, 4) is 0 Å². The Bertz CT molecular complexity index is 608. The minimum atomic E-state index is -0.228. The minimum Gasteiger partial charge on any atom is -0.365 e. The van der Waals surface area contributed by atoms with Gasteiger partial charge < -0.3 is 10.2 Å². The molecule has 22 heavy (non-hydrogen) atoms. The van der Waals surface area contributed by atoms with Crippen LogP contribution in [0.1, 0.15) is 25.3 Å². The fourth-order valence-corrected chi connectivity index (χ4v) is 2.52. The lowest BCUT2D eigenvalue weighted by atomic mass is 10.00. The molecule has 0 saturated carbocycles. The van der Waals surface area contributed by atoms with E-state index in [1.807, 2.05) is 0 Å². The third-order valence-corrected chi connectivity index (χ3v) is 4.00. The molecule has 0 radical (unpaired) electrons. The lowest BCUT2D eigenvalue weighted by Gasteiger charge is -2.29. The number of aromatic nitrogens is 3. The monoisotopic (exact) mass is 301 g/mol. The third-order valence-electron chi connectivity index (χ3n) is 4.00. The molecule has 0 unspecified atom stereocenters. The van der Waals surface area contributed by atoms with Gasteiger partial charge in [0.2, 0.25) is 5.95 Å². The average molecular weight is 301 g/mol. The van der Waals surface area contributed by atoms with Crippen LogP contribution < -0.4 is 10.2 Å². The molecule has 1 fully saturated rings. The topological polar surface area (TPSA) is 53.9 Å². The predicted molar refractivity (Wildman–Crippen MR) is 84.2 cm³/mol. The Labute approximate surface area is 129 Å². The lowest BCUT2D eigenvalue weighted by Crippen LogP contribution is -2.34. The second kappa shape index (κ2) is 6.68. The summed E-state index contributed by atoms with van der Waals surface area (Å²) in [6.07, 6.45) is 3.94. The molecule has 5 nitrogen and oxygen atoms in total. The first-order chi connectivity index (χ1) is 10.7. The summed E-state index contributed by atoms with van der Waals surface area (Å²) >= 11 is 0. The van der Waals surface area contributed by atoms with Crippen molar-refractivity contribution in [2.75, 3.05) is 23.3 Å². The van der Waals surface area contributed by atoms with Gasteiger partial charge in [0.1, 0.15) is 5.82 Å². The van der Waals surface area contributed by atoms with Gasteiger partial charge in [-0.3, -0.25) is 0 Å². The van der Waals surface area contributed by atoms with Gasteiger partial charge in [-0.1, -0.05) is 19.1 Å². The van der Waals surface area contributed by atoms with Gasteiger partial charge in [0.15, 0.2) is 5.82 Å². The highest BCUT2D eigenvalue weighted by Crippen LogP contribution is 2.20. The largest absolute Gasteiger partial charge is 0.365 e. The number of nitrogens with zero attached hydrogens (tertiary/aromatic N) is 4. The van der Waals surface area contributed by atoms with E-state index in [1.165, 1.54) is 12.1 Å². The maximum Gasteiger partial charge on any atom is 0.247 e. The van der Waals surface area contributed by atoms with Crippen LogP contribution in [0.25, 0.3) is 0 Å². The molecule has 0 spiro atoms. The van der Waals surface area contributed by atoms with Crippen molar-refractivity contribution in [1.82, 2.24) is 15.2 Å². The molecule has 0 aliphatic carbocycles. The number of piperidine rings is 1. The molecular formula is C16H20FN5. The molecule has 0 bridgehead atoms. The van der Waals surface area contributed by atoms with Crippen LogP contribution in [0.4, 0.5) is 16.2 Å². The maximum absolute atomic E-state index is 12.9. The van der Waals surface area contributed by atoms with Crippen molar-refractivity contribution < 1.29 is 4.39 Å². The number of nitrogens with one attached hydrogen (secondary N) is 1. The Balaban J connectivity index is 1.62. The molecule has 1 aliphatic rings. The van der Waals surface area contributed by atoms with Crippen molar-refractivity contribution >= 4 is 11.8 Å². The molecule has 1 aromatic heterocycles. The fraction of sp³-hybridized carbons (Fsp3) is 0.438.